The van der Waals surface area contributed by atoms with Gasteiger partial charge in [0.05, 0.1) is 6.10 Å². The van der Waals surface area contributed by atoms with Gasteiger partial charge in [0.15, 0.2) is 0 Å². The summed E-state index contributed by atoms with van der Waals surface area (Å²) in [5.41, 5.74) is 1.08. The second-order valence-electron chi connectivity index (χ2n) is 4.97. The number of nitrogens with one attached hydrogen (secondary N) is 2. The molecule has 1 saturated heterocycles. The number of ether oxygens (including phenoxy) is 1. The molecule has 0 aromatic carbocycles. The van der Waals surface area contributed by atoms with Gasteiger partial charge in [0.1, 0.15) is 17.5 Å². The van der Waals surface area contributed by atoms with Crippen LogP contribution in [0.3, 0.4) is 0 Å². The first-order valence-corrected chi connectivity index (χ1v) is 7.15. The molecule has 1 aromatic heterocycles. The van der Waals surface area contributed by atoms with E-state index in [4.69, 9.17) is 4.74 Å². The summed E-state index contributed by atoms with van der Waals surface area (Å²) < 4.78 is 5.62. The van der Waals surface area contributed by atoms with Crippen LogP contribution in [0, 0.1) is 13.8 Å². The summed E-state index contributed by atoms with van der Waals surface area (Å²) in [7, 11) is 0. The van der Waals surface area contributed by atoms with Gasteiger partial charge in [-0.1, -0.05) is 0 Å². The molecule has 19 heavy (non-hydrogen) atoms. The summed E-state index contributed by atoms with van der Waals surface area (Å²) in [6, 6.07) is 0. The van der Waals surface area contributed by atoms with Crippen LogP contribution in [-0.4, -0.2) is 35.8 Å². The van der Waals surface area contributed by atoms with E-state index in [0.29, 0.717) is 6.10 Å². The lowest BCUT2D eigenvalue weighted by Gasteiger charge is -2.15. The predicted molar refractivity (Wildman–Crippen MR) is 77.8 cm³/mol. The predicted octanol–water partition coefficient (Wildman–Crippen LogP) is 2.51. The molecule has 1 aliphatic heterocycles. The van der Waals surface area contributed by atoms with Crippen LogP contribution in [0.5, 0.6) is 0 Å². The molecule has 0 amide bonds. The molecule has 0 bridgehead atoms. The lowest BCUT2D eigenvalue weighted by Crippen LogP contribution is -2.15. The molecular formula is C14H24N4O. The first kappa shape index (κ1) is 14.1. The van der Waals surface area contributed by atoms with Crippen molar-refractivity contribution in [3.05, 3.63) is 11.4 Å². The molecule has 0 radical (unpaired) electrons. The summed E-state index contributed by atoms with van der Waals surface area (Å²) in [5, 5.41) is 6.68. The minimum Gasteiger partial charge on any atom is -0.378 e. The average molecular weight is 264 g/mol. The molecule has 5 nitrogen and oxygen atoms in total. The van der Waals surface area contributed by atoms with Crippen molar-refractivity contribution in [2.24, 2.45) is 0 Å². The van der Waals surface area contributed by atoms with Gasteiger partial charge in [-0.2, -0.15) is 0 Å². The molecule has 0 saturated carbocycles. The Morgan fingerprint density at radius 1 is 1.21 bits per heavy atom. The second-order valence-corrected chi connectivity index (χ2v) is 4.97. The van der Waals surface area contributed by atoms with E-state index in [9.17, 15) is 0 Å². The quantitative estimate of drug-likeness (QED) is 0.826. The summed E-state index contributed by atoms with van der Waals surface area (Å²) in [6.07, 6.45) is 3.84. The van der Waals surface area contributed by atoms with E-state index in [1.807, 2.05) is 13.8 Å². The van der Waals surface area contributed by atoms with Crippen molar-refractivity contribution < 1.29 is 4.74 Å². The zero-order chi connectivity index (χ0) is 13.7. The number of rotatable bonds is 6. The molecule has 1 fully saturated rings. The summed E-state index contributed by atoms with van der Waals surface area (Å²) >= 11 is 0. The lowest BCUT2D eigenvalue weighted by molar-refractivity contribution is 0.107. The van der Waals surface area contributed by atoms with Crippen LogP contribution in [0.15, 0.2) is 0 Å². The second kappa shape index (κ2) is 6.70. The van der Waals surface area contributed by atoms with E-state index in [1.54, 1.807) is 0 Å². The molecule has 1 unspecified atom stereocenters. The molecule has 1 aliphatic rings. The highest BCUT2D eigenvalue weighted by atomic mass is 16.5. The van der Waals surface area contributed by atoms with Crippen molar-refractivity contribution in [2.45, 2.75) is 46.1 Å². The van der Waals surface area contributed by atoms with Gasteiger partial charge >= 0.3 is 0 Å². The van der Waals surface area contributed by atoms with E-state index in [2.05, 4.69) is 27.5 Å². The van der Waals surface area contributed by atoms with Crippen molar-refractivity contribution >= 4 is 11.6 Å². The highest BCUT2D eigenvalue weighted by Gasteiger charge is 2.15. The van der Waals surface area contributed by atoms with Gasteiger partial charge in [-0.25, -0.2) is 9.97 Å². The molecule has 1 atom stereocenters. The largest absolute Gasteiger partial charge is 0.378 e. The van der Waals surface area contributed by atoms with Gasteiger partial charge in [0.2, 0.25) is 0 Å². The standard InChI is InChI=1S/C14H24N4O/c1-4-15-13-10(2)14(18-11(3)17-13)16-8-7-12-6-5-9-19-12/h12H,4-9H2,1-3H3,(H2,15,16,17,18). The topological polar surface area (TPSA) is 59.1 Å². The van der Waals surface area contributed by atoms with Crippen molar-refractivity contribution in [3.63, 3.8) is 0 Å². The highest BCUT2D eigenvalue weighted by Crippen LogP contribution is 2.20. The Balaban J connectivity index is 1.94. The van der Waals surface area contributed by atoms with Crippen LogP contribution in [-0.2, 0) is 4.74 Å². The molecule has 0 aliphatic carbocycles. The minimum absolute atomic E-state index is 0.420. The first-order chi connectivity index (χ1) is 9.20. The molecule has 2 heterocycles. The molecule has 2 N–H and O–H groups in total. The van der Waals surface area contributed by atoms with Crippen molar-refractivity contribution in [1.29, 1.82) is 0 Å². The third-order valence-corrected chi connectivity index (χ3v) is 3.38. The Labute approximate surface area is 115 Å². The van der Waals surface area contributed by atoms with E-state index in [1.165, 1.54) is 12.8 Å². The lowest BCUT2D eigenvalue weighted by atomic mass is 10.2. The number of hydrogen-bond donors (Lipinski definition) is 2. The van der Waals surface area contributed by atoms with E-state index >= 15 is 0 Å². The maximum absolute atomic E-state index is 5.62. The van der Waals surface area contributed by atoms with Crippen LogP contribution in [0.1, 0.15) is 37.6 Å². The molecule has 2 rings (SSSR count). The molecular weight excluding hydrogens is 240 g/mol. The fraction of sp³-hybridized carbons (Fsp3) is 0.714. The number of anilines is 2. The summed E-state index contributed by atoms with van der Waals surface area (Å²) in [5.74, 6) is 2.65. The van der Waals surface area contributed by atoms with Gasteiger partial charge in [-0.05, 0) is 40.0 Å². The van der Waals surface area contributed by atoms with Crippen LogP contribution >= 0.6 is 0 Å². The number of aryl methyl sites for hydroxylation is 1. The van der Waals surface area contributed by atoms with Crippen LogP contribution in [0.4, 0.5) is 11.6 Å². The normalized spacial score (nSPS) is 18.6. The fourth-order valence-electron chi connectivity index (χ4n) is 2.36. The Morgan fingerprint density at radius 2 is 1.95 bits per heavy atom. The number of hydrogen-bond acceptors (Lipinski definition) is 5. The SMILES string of the molecule is CCNc1nc(C)nc(NCCC2CCCO2)c1C. The smallest absolute Gasteiger partial charge is 0.134 e. The maximum Gasteiger partial charge on any atom is 0.134 e. The van der Waals surface area contributed by atoms with E-state index in [0.717, 1.165) is 49.1 Å². The minimum atomic E-state index is 0.420. The zero-order valence-corrected chi connectivity index (χ0v) is 12.1. The van der Waals surface area contributed by atoms with Gasteiger partial charge in [-0.3, -0.25) is 0 Å². The number of nitrogens with zero attached hydrogens (tertiary/aromatic N) is 2. The Bertz CT molecular complexity index is 416. The van der Waals surface area contributed by atoms with Crippen LogP contribution in [0.2, 0.25) is 0 Å². The molecule has 5 heteroatoms. The van der Waals surface area contributed by atoms with Gasteiger partial charge < -0.3 is 15.4 Å². The third kappa shape index (κ3) is 3.80. The maximum atomic E-state index is 5.62. The molecule has 1 aromatic rings. The van der Waals surface area contributed by atoms with Crippen molar-refractivity contribution in [2.75, 3.05) is 30.3 Å². The molecule has 0 spiro atoms. The van der Waals surface area contributed by atoms with E-state index < -0.39 is 0 Å². The average Bonchev–Trinajstić information content (AvgIpc) is 2.88. The Kier molecular flexibility index (Phi) is 4.96. The van der Waals surface area contributed by atoms with Crippen LogP contribution in [0.25, 0.3) is 0 Å². The van der Waals surface area contributed by atoms with Gasteiger partial charge in [-0.15, -0.1) is 0 Å². The fourth-order valence-corrected chi connectivity index (χ4v) is 2.36. The van der Waals surface area contributed by atoms with Crippen molar-refractivity contribution in [3.8, 4) is 0 Å². The monoisotopic (exact) mass is 264 g/mol. The van der Waals surface area contributed by atoms with Gasteiger partial charge in [0.25, 0.3) is 0 Å². The highest BCUT2D eigenvalue weighted by molar-refractivity contribution is 5.57. The third-order valence-electron chi connectivity index (χ3n) is 3.38. The van der Waals surface area contributed by atoms with Crippen molar-refractivity contribution in [1.82, 2.24) is 9.97 Å². The first-order valence-electron chi connectivity index (χ1n) is 7.15. The number of aromatic nitrogens is 2. The van der Waals surface area contributed by atoms with E-state index in [-0.39, 0.29) is 0 Å². The summed E-state index contributed by atoms with van der Waals surface area (Å²) in [6.45, 7) is 8.72. The zero-order valence-electron chi connectivity index (χ0n) is 12.1. The van der Waals surface area contributed by atoms with Gasteiger partial charge in [0, 0.05) is 25.3 Å². The Hall–Kier alpha value is -1.36. The Morgan fingerprint density at radius 3 is 2.58 bits per heavy atom. The summed E-state index contributed by atoms with van der Waals surface area (Å²) in [4.78, 5) is 8.90. The molecule has 106 valence electrons. The van der Waals surface area contributed by atoms with Crippen LogP contribution < -0.4 is 10.6 Å².